The average molecular weight is 422 g/mol. The number of carbonyl (C=O) groups is 1. The summed E-state index contributed by atoms with van der Waals surface area (Å²) < 4.78 is 7.02. The molecule has 1 aliphatic rings. The molecule has 154 valence electrons. The maximum Gasteiger partial charge on any atom is 0.307 e. The molecule has 3 aromatic heterocycles. The van der Waals surface area contributed by atoms with Gasteiger partial charge in [0.1, 0.15) is 0 Å². The molecule has 1 aliphatic heterocycles. The molecular weight excluding hydrogens is 398 g/mol. The lowest BCUT2D eigenvalue weighted by molar-refractivity contribution is -0.140. The number of hydrogen-bond donors (Lipinski definition) is 1. The number of methoxy groups -OCH3 is 1. The highest BCUT2D eigenvalue weighted by Gasteiger charge is 2.41. The van der Waals surface area contributed by atoms with Gasteiger partial charge in [-0.1, -0.05) is 12.1 Å². The number of pyridine rings is 2. The van der Waals surface area contributed by atoms with E-state index >= 15 is 0 Å². The van der Waals surface area contributed by atoms with Gasteiger partial charge in [-0.25, -0.2) is 0 Å². The average Bonchev–Trinajstić information content (AvgIpc) is 3.36. The SMILES string of the molecule is COC(=O)CCN1C(=S)N[C@@H](c2ccccn2)[C@@H]1c1cccn1Cc1cccnc1. The summed E-state index contributed by atoms with van der Waals surface area (Å²) in [5, 5.41) is 4.01. The van der Waals surface area contributed by atoms with E-state index in [9.17, 15) is 4.79 Å². The third-order valence-electron chi connectivity index (χ3n) is 5.23. The summed E-state index contributed by atoms with van der Waals surface area (Å²) in [6, 6.07) is 13.7. The van der Waals surface area contributed by atoms with Gasteiger partial charge in [-0.15, -0.1) is 0 Å². The predicted octanol–water partition coefficient (Wildman–Crippen LogP) is 2.86. The molecule has 8 heteroatoms. The molecule has 0 amide bonds. The molecule has 3 aromatic rings. The van der Waals surface area contributed by atoms with Gasteiger partial charge in [0.25, 0.3) is 0 Å². The van der Waals surface area contributed by atoms with Crippen molar-refractivity contribution in [3.05, 3.63) is 84.2 Å². The number of rotatable bonds is 7. The first-order valence-electron chi connectivity index (χ1n) is 9.76. The zero-order valence-electron chi connectivity index (χ0n) is 16.6. The van der Waals surface area contributed by atoms with Gasteiger partial charge in [0.05, 0.1) is 31.3 Å². The van der Waals surface area contributed by atoms with Crippen molar-refractivity contribution in [2.24, 2.45) is 0 Å². The lowest BCUT2D eigenvalue weighted by Gasteiger charge is -2.28. The van der Waals surface area contributed by atoms with E-state index in [1.54, 1.807) is 12.4 Å². The van der Waals surface area contributed by atoms with E-state index in [2.05, 4.69) is 43.1 Å². The number of thiocarbonyl (C=S) groups is 1. The Morgan fingerprint density at radius 1 is 1.20 bits per heavy atom. The van der Waals surface area contributed by atoms with Crippen LogP contribution in [0.25, 0.3) is 0 Å². The smallest absolute Gasteiger partial charge is 0.307 e. The zero-order chi connectivity index (χ0) is 20.9. The van der Waals surface area contributed by atoms with E-state index in [-0.39, 0.29) is 24.5 Å². The first kappa shape index (κ1) is 20.0. The maximum absolute atomic E-state index is 11.8. The fourth-order valence-electron chi connectivity index (χ4n) is 3.81. The van der Waals surface area contributed by atoms with Crippen LogP contribution >= 0.6 is 12.2 Å². The fraction of sp³-hybridized carbons (Fsp3) is 0.273. The van der Waals surface area contributed by atoms with E-state index in [1.165, 1.54) is 7.11 Å². The van der Waals surface area contributed by atoms with Crippen LogP contribution in [0.15, 0.2) is 67.3 Å². The Bertz CT molecular complexity index is 1010. The number of carbonyl (C=O) groups excluding carboxylic acids is 1. The number of ether oxygens (including phenoxy) is 1. The Balaban J connectivity index is 1.69. The monoisotopic (exact) mass is 421 g/mol. The summed E-state index contributed by atoms with van der Waals surface area (Å²) in [7, 11) is 1.40. The van der Waals surface area contributed by atoms with E-state index in [4.69, 9.17) is 17.0 Å². The lowest BCUT2D eigenvalue weighted by Crippen LogP contribution is -2.32. The minimum atomic E-state index is -0.261. The Hall–Kier alpha value is -3.26. The van der Waals surface area contributed by atoms with E-state index < -0.39 is 0 Å². The van der Waals surface area contributed by atoms with Crippen LogP contribution in [0.3, 0.4) is 0 Å². The summed E-state index contributed by atoms with van der Waals surface area (Å²) in [6.45, 7) is 1.16. The number of esters is 1. The minimum absolute atomic E-state index is 0.108. The highest BCUT2D eigenvalue weighted by Crippen LogP contribution is 2.38. The topological polar surface area (TPSA) is 72.3 Å². The van der Waals surface area contributed by atoms with E-state index in [1.807, 2.05) is 36.5 Å². The second kappa shape index (κ2) is 9.04. The quantitative estimate of drug-likeness (QED) is 0.465. The summed E-state index contributed by atoms with van der Waals surface area (Å²) >= 11 is 5.65. The van der Waals surface area contributed by atoms with Crippen LogP contribution in [0.1, 0.15) is 35.5 Å². The van der Waals surface area contributed by atoms with Crippen molar-refractivity contribution in [1.82, 2.24) is 24.8 Å². The van der Waals surface area contributed by atoms with Gasteiger partial charge >= 0.3 is 5.97 Å². The minimum Gasteiger partial charge on any atom is -0.469 e. The van der Waals surface area contributed by atoms with Crippen molar-refractivity contribution in [3.63, 3.8) is 0 Å². The molecule has 7 nitrogen and oxygen atoms in total. The van der Waals surface area contributed by atoms with Gasteiger partial charge in [0.2, 0.25) is 0 Å². The molecular formula is C22H23N5O2S. The molecule has 1 N–H and O–H groups in total. The molecule has 0 aromatic carbocycles. The van der Waals surface area contributed by atoms with Crippen molar-refractivity contribution in [1.29, 1.82) is 0 Å². The van der Waals surface area contributed by atoms with Gasteiger partial charge in [-0.2, -0.15) is 0 Å². The van der Waals surface area contributed by atoms with E-state index in [0.29, 0.717) is 18.2 Å². The molecule has 30 heavy (non-hydrogen) atoms. The first-order chi connectivity index (χ1) is 14.7. The lowest BCUT2D eigenvalue weighted by atomic mass is 10.0. The standard InChI is InChI=1S/C22H23N5O2S/c1-29-19(28)9-13-27-21(20(25-22(27)30)17-7-2-3-11-24-17)18-8-5-12-26(18)15-16-6-4-10-23-14-16/h2-8,10-12,14,20-21H,9,13,15H2,1H3,(H,25,30)/t20-,21-/m0/s1. The molecule has 0 unspecified atom stereocenters. The third-order valence-corrected chi connectivity index (χ3v) is 5.58. The van der Waals surface area contributed by atoms with Crippen molar-refractivity contribution < 1.29 is 9.53 Å². The predicted molar refractivity (Wildman–Crippen MR) is 117 cm³/mol. The highest BCUT2D eigenvalue weighted by molar-refractivity contribution is 7.80. The highest BCUT2D eigenvalue weighted by atomic mass is 32.1. The molecule has 0 saturated carbocycles. The van der Waals surface area contributed by atoms with Crippen molar-refractivity contribution in [3.8, 4) is 0 Å². The van der Waals surface area contributed by atoms with Crippen LogP contribution in [0.2, 0.25) is 0 Å². The van der Waals surface area contributed by atoms with Crippen molar-refractivity contribution in [2.75, 3.05) is 13.7 Å². The van der Waals surface area contributed by atoms with Crippen molar-refractivity contribution in [2.45, 2.75) is 25.0 Å². The van der Waals surface area contributed by atoms with Crippen LogP contribution in [0, 0.1) is 0 Å². The van der Waals surface area contributed by atoms with Gasteiger partial charge in [0.15, 0.2) is 5.11 Å². The molecule has 0 radical (unpaired) electrons. The molecule has 1 saturated heterocycles. The van der Waals surface area contributed by atoms with Gasteiger partial charge in [0, 0.05) is 43.6 Å². The Labute approximate surface area is 180 Å². The zero-order valence-corrected chi connectivity index (χ0v) is 17.5. The summed E-state index contributed by atoms with van der Waals surface area (Å²) in [5.74, 6) is -0.261. The fourth-order valence-corrected chi connectivity index (χ4v) is 4.14. The first-order valence-corrected chi connectivity index (χ1v) is 10.2. The summed E-state index contributed by atoms with van der Waals surface area (Å²) in [5.41, 5.74) is 3.10. The Morgan fingerprint density at radius 2 is 2.10 bits per heavy atom. The largest absolute Gasteiger partial charge is 0.469 e. The maximum atomic E-state index is 11.8. The molecule has 4 rings (SSSR count). The van der Waals surface area contributed by atoms with Crippen LogP contribution in [-0.4, -0.2) is 44.2 Å². The van der Waals surface area contributed by atoms with E-state index in [0.717, 1.165) is 17.0 Å². The third kappa shape index (κ3) is 4.18. The van der Waals surface area contributed by atoms with Crippen molar-refractivity contribution >= 4 is 23.3 Å². The van der Waals surface area contributed by atoms with Gasteiger partial charge in [-0.05, 0) is 48.1 Å². The Morgan fingerprint density at radius 3 is 2.83 bits per heavy atom. The number of hydrogen-bond acceptors (Lipinski definition) is 5. The second-order valence-corrected chi connectivity index (χ2v) is 7.46. The normalized spacial score (nSPS) is 18.3. The summed E-state index contributed by atoms with van der Waals surface area (Å²) in [4.78, 5) is 22.6. The molecule has 1 fully saturated rings. The number of nitrogens with one attached hydrogen (secondary N) is 1. The Kier molecular flexibility index (Phi) is 6.04. The van der Waals surface area contributed by atoms with Gasteiger partial charge < -0.3 is 19.5 Å². The molecule has 0 bridgehead atoms. The van der Waals surface area contributed by atoms with Crippen LogP contribution in [-0.2, 0) is 16.1 Å². The molecule has 4 heterocycles. The second-order valence-electron chi connectivity index (χ2n) is 7.07. The molecule has 0 aliphatic carbocycles. The van der Waals surface area contributed by atoms with Crippen LogP contribution in [0.4, 0.5) is 0 Å². The molecule has 0 spiro atoms. The van der Waals surface area contributed by atoms with Crippen LogP contribution in [0.5, 0.6) is 0 Å². The summed E-state index contributed by atoms with van der Waals surface area (Å²) in [6.07, 6.45) is 7.73. The number of aromatic nitrogens is 3. The van der Waals surface area contributed by atoms with Gasteiger partial charge in [-0.3, -0.25) is 14.8 Å². The molecule has 2 atom stereocenters. The van der Waals surface area contributed by atoms with Crippen LogP contribution < -0.4 is 5.32 Å². The number of nitrogens with zero attached hydrogens (tertiary/aromatic N) is 4.